The Balaban J connectivity index is 2.05. The van der Waals surface area contributed by atoms with Crippen LogP contribution in [0.2, 0.25) is 5.02 Å². The van der Waals surface area contributed by atoms with Gasteiger partial charge in [-0.05, 0) is 53.8 Å². The Bertz CT molecular complexity index is 646. The minimum atomic E-state index is -0.962. The molecular formula is C15H13ClO3S. The van der Waals surface area contributed by atoms with E-state index in [-0.39, 0.29) is 0 Å². The van der Waals surface area contributed by atoms with Crippen molar-refractivity contribution in [3.05, 3.63) is 56.7 Å². The van der Waals surface area contributed by atoms with Crippen LogP contribution < -0.4 is 4.74 Å². The van der Waals surface area contributed by atoms with Crippen LogP contribution in [-0.2, 0) is 11.4 Å². The van der Waals surface area contributed by atoms with Crippen LogP contribution in [0, 0.1) is 6.92 Å². The molecular weight excluding hydrogens is 296 g/mol. The number of carboxylic acid groups (broad SMARTS) is 1. The van der Waals surface area contributed by atoms with Gasteiger partial charge in [0.15, 0.2) is 0 Å². The predicted molar refractivity (Wildman–Crippen MR) is 81.5 cm³/mol. The molecule has 1 aromatic carbocycles. The maximum Gasteiger partial charge on any atom is 0.328 e. The van der Waals surface area contributed by atoms with Gasteiger partial charge in [0.05, 0.1) is 0 Å². The number of hydrogen-bond donors (Lipinski definition) is 1. The SMILES string of the molecule is Cc1cc(OCc2sccc2C=CC(=O)O)ccc1Cl. The van der Waals surface area contributed by atoms with E-state index < -0.39 is 5.97 Å². The summed E-state index contributed by atoms with van der Waals surface area (Å²) in [4.78, 5) is 11.5. The molecule has 0 bridgehead atoms. The van der Waals surface area contributed by atoms with E-state index in [9.17, 15) is 4.79 Å². The van der Waals surface area contributed by atoms with Crippen LogP contribution >= 0.6 is 22.9 Å². The van der Waals surface area contributed by atoms with Gasteiger partial charge in [-0.15, -0.1) is 11.3 Å². The molecule has 3 nitrogen and oxygen atoms in total. The van der Waals surface area contributed by atoms with E-state index >= 15 is 0 Å². The summed E-state index contributed by atoms with van der Waals surface area (Å²) in [6.45, 7) is 2.32. The molecule has 0 saturated carbocycles. The standard InChI is InChI=1S/C15H13ClO3S/c1-10-8-12(3-4-13(10)16)19-9-14-11(6-7-20-14)2-5-15(17)18/h2-8H,9H2,1H3,(H,17,18). The average Bonchev–Trinajstić information content (AvgIpc) is 2.85. The second-order valence-electron chi connectivity index (χ2n) is 4.17. The number of aryl methyl sites for hydroxylation is 1. The Kier molecular flexibility index (Phi) is 4.82. The molecule has 0 fully saturated rings. The van der Waals surface area contributed by atoms with Gasteiger partial charge in [-0.25, -0.2) is 4.79 Å². The molecule has 1 aromatic heterocycles. The molecule has 0 aliphatic rings. The minimum absolute atomic E-state index is 0.401. The molecule has 2 aromatic rings. The number of thiophene rings is 1. The van der Waals surface area contributed by atoms with Gasteiger partial charge in [-0.1, -0.05) is 11.6 Å². The van der Waals surface area contributed by atoms with Crippen molar-refractivity contribution in [3.8, 4) is 5.75 Å². The second kappa shape index (κ2) is 6.59. The predicted octanol–water partition coefficient (Wildman–Crippen LogP) is 4.39. The zero-order valence-corrected chi connectivity index (χ0v) is 12.4. The Morgan fingerprint density at radius 1 is 1.45 bits per heavy atom. The number of carbonyl (C=O) groups is 1. The van der Waals surface area contributed by atoms with Crippen molar-refractivity contribution in [1.82, 2.24) is 0 Å². The highest BCUT2D eigenvalue weighted by atomic mass is 35.5. The quantitative estimate of drug-likeness (QED) is 0.833. The van der Waals surface area contributed by atoms with Crippen molar-refractivity contribution in [2.24, 2.45) is 0 Å². The van der Waals surface area contributed by atoms with Crippen LogP contribution in [0.1, 0.15) is 16.0 Å². The summed E-state index contributed by atoms with van der Waals surface area (Å²) in [5.74, 6) is -0.218. The van der Waals surface area contributed by atoms with Crippen LogP contribution in [0.5, 0.6) is 5.75 Å². The molecule has 5 heteroatoms. The van der Waals surface area contributed by atoms with E-state index in [4.69, 9.17) is 21.4 Å². The van der Waals surface area contributed by atoms with Crippen molar-refractivity contribution >= 4 is 35.0 Å². The third-order valence-electron chi connectivity index (χ3n) is 2.68. The van der Waals surface area contributed by atoms with E-state index in [2.05, 4.69) is 0 Å². The molecule has 0 unspecified atom stereocenters. The van der Waals surface area contributed by atoms with Gasteiger partial charge < -0.3 is 9.84 Å². The lowest BCUT2D eigenvalue weighted by Crippen LogP contribution is -1.95. The first kappa shape index (κ1) is 14.6. The summed E-state index contributed by atoms with van der Waals surface area (Å²) >= 11 is 7.49. The first-order valence-electron chi connectivity index (χ1n) is 5.92. The fourth-order valence-electron chi connectivity index (χ4n) is 1.63. The molecule has 2 rings (SSSR count). The van der Waals surface area contributed by atoms with E-state index in [1.54, 1.807) is 12.1 Å². The lowest BCUT2D eigenvalue weighted by Gasteiger charge is -2.07. The van der Waals surface area contributed by atoms with Crippen LogP contribution in [0.25, 0.3) is 6.08 Å². The summed E-state index contributed by atoms with van der Waals surface area (Å²) in [6, 6.07) is 7.36. The number of ether oxygens (including phenoxy) is 1. The summed E-state index contributed by atoms with van der Waals surface area (Å²) in [6.07, 6.45) is 2.70. The van der Waals surface area contributed by atoms with E-state index in [0.717, 1.165) is 27.8 Å². The fraction of sp³-hybridized carbons (Fsp3) is 0.133. The molecule has 0 amide bonds. The summed E-state index contributed by atoms with van der Waals surface area (Å²) in [5.41, 5.74) is 1.82. The zero-order chi connectivity index (χ0) is 14.5. The molecule has 1 N–H and O–H groups in total. The molecule has 0 spiro atoms. The van der Waals surface area contributed by atoms with Crippen molar-refractivity contribution in [2.75, 3.05) is 0 Å². The molecule has 0 radical (unpaired) electrons. The lowest BCUT2D eigenvalue weighted by molar-refractivity contribution is -0.131. The second-order valence-corrected chi connectivity index (χ2v) is 5.58. The maximum atomic E-state index is 10.5. The van der Waals surface area contributed by atoms with Gasteiger partial charge in [-0.3, -0.25) is 0 Å². The van der Waals surface area contributed by atoms with Crippen LogP contribution in [0.3, 0.4) is 0 Å². The smallest absolute Gasteiger partial charge is 0.328 e. The first-order chi connectivity index (χ1) is 9.56. The number of halogens is 1. The van der Waals surface area contributed by atoms with Gasteiger partial charge >= 0.3 is 5.97 Å². The normalized spacial score (nSPS) is 10.9. The van der Waals surface area contributed by atoms with Crippen LogP contribution in [0.15, 0.2) is 35.7 Å². The molecule has 0 aliphatic heterocycles. The van der Waals surface area contributed by atoms with E-state index in [1.165, 1.54) is 11.3 Å². The highest BCUT2D eigenvalue weighted by Crippen LogP contribution is 2.24. The number of hydrogen-bond acceptors (Lipinski definition) is 3. The maximum absolute atomic E-state index is 10.5. The third kappa shape index (κ3) is 3.85. The average molecular weight is 309 g/mol. The van der Waals surface area contributed by atoms with Crippen molar-refractivity contribution in [1.29, 1.82) is 0 Å². The minimum Gasteiger partial charge on any atom is -0.488 e. The molecule has 0 atom stereocenters. The summed E-state index contributed by atoms with van der Waals surface area (Å²) < 4.78 is 5.70. The lowest BCUT2D eigenvalue weighted by atomic mass is 10.2. The van der Waals surface area contributed by atoms with Gasteiger partial charge in [0, 0.05) is 16.0 Å². The largest absolute Gasteiger partial charge is 0.488 e. The van der Waals surface area contributed by atoms with Crippen LogP contribution in [-0.4, -0.2) is 11.1 Å². The number of benzene rings is 1. The third-order valence-corrected chi connectivity index (χ3v) is 4.02. The van der Waals surface area contributed by atoms with Crippen molar-refractivity contribution < 1.29 is 14.6 Å². The van der Waals surface area contributed by atoms with Gasteiger partial charge in [0.25, 0.3) is 0 Å². The van der Waals surface area contributed by atoms with Gasteiger partial charge in [0.2, 0.25) is 0 Å². The van der Waals surface area contributed by atoms with E-state index in [1.807, 2.05) is 30.5 Å². The monoisotopic (exact) mass is 308 g/mol. The Labute approximate surface area is 126 Å². The Morgan fingerprint density at radius 2 is 2.25 bits per heavy atom. The first-order valence-corrected chi connectivity index (χ1v) is 7.18. The van der Waals surface area contributed by atoms with Crippen molar-refractivity contribution in [2.45, 2.75) is 13.5 Å². The number of carboxylic acids is 1. The van der Waals surface area contributed by atoms with Gasteiger partial charge in [-0.2, -0.15) is 0 Å². The summed E-state index contributed by atoms with van der Waals surface area (Å²) in [5, 5.41) is 11.3. The Hall–Kier alpha value is -1.78. The van der Waals surface area contributed by atoms with Crippen molar-refractivity contribution in [3.63, 3.8) is 0 Å². The van der Waals surface area contributed by atoms with Gasteiger partial charge in [0.1, 0.15) is 12.4 Å². The number of aliphatic carboxylic acids is 1. The molecule has 0 aliphatic carbocycles. The Morgan fingerprint density at radius 3 is 2.95 bits per heavy atom. The topological polar surface area (TPSA) is 46.5 Å². The highest BCUT2D eigenvalue weighted by molar-refractivity contribution is 7.10. The fourth-order valence-corrected chi connectivity index (χ4v) is 2.53. The number of rotatable bonds is 5. The zero-order valence-electron chi connectivity index (χ0n) is 10.8. The van der Waals surface area contributed by atoms with Crippen LogP contribution in [0.4, 0.5) is 0 Å². The molecule has 0 saturated heterocycles. The molecule has 20 heavy (non-hydrogen) atoms. The highest BCUT2D eigenvalue weighted by Gasteiger charge is 2.04. The summed E-state index contributed by atoms with van der Waals surface area (Å²) in [7, 11) is 0. The molecule has 104 valence electrons. The van der Waals surface area contributed by atoms with E-state index in [0.29, 0.717) is 11.6 Å². The molecule has 1 heterocycles.